The predicted molar refractivity (Wildman–Crippen MR) is 101 cm³/mol. The molecule has 2 heterocycles. The summed E-state index contributed by atoms with van der Waals surface area (Å²) in [5.74, 6) is 1.37. The van der Waals surface area contributed by atoms with Gasteiger partial charge in [0.05, 0.1) is 17.1 Å². The number of para-hydroxylation sites is 1. The molecule has 0 amide bonds. The molecule has 1 aliphatic heterocycles. The highest BCUT2D eigenvalue weighted by Gasteiger charge is 2.05. The van der Waals surface area contributed by atoms with Crippen LogP contribution >= 0.6 is 0 Å². The molecule has 4 rings (SSSR count). The Morgan fingerprint density at radius 2 is 1.88 bits per heavy atom. The lowest BCUT2D eigenvalue weighted by atomic mass is 10.2. The Morgan fingerprint density at radius 3 is 2.88 bits per heavy atom. The van der Waals surface area contributed by atoms with E-state index in [0.717, 1.165) is 27.2 Å². The topological polar surface area (TPSA) is 56.6 Å². The summed E-state index contributed by atoms with van der Waals surface area (Å²) in [6.07, 6.45) is 10.8. The van der Waals surface area contributed by atoms with Crippen LogP contribution in [-0.2, 0) is 4.74 Å². The van der Waals surface area contributed by atoms with E-state index in [-0.39, 0.29) is 0 Å². The molecule has 0 atom stereocenters. The molecule has 0 N–H and O–H groups in total. The first kappa shape index (κ1) is 16.0. The lowest BCUT2D eigenvalue weighted by Gasteiger charge is -2.06. The van der Waals surface area contributed by atoms with E-state index in [9.17, 15) is 0 Å². The van der Waals surface area contributed by atoms with Crippen LogP contribution in [0.3, 0.4) is 0 Å². The summed E-state index contributed by atoms with van der Waals surface area (Å²) in [4.78, 5) is 13.5. The molecule has 5 nitrogen and oxygen atoms in total. The maximum absolute atomic E-state index is 5.77. The van der Waals surface area contributed by atoms with Crippen LogP contribution in [-0.4, -0.2) is 23.2 Å². The second kappa shape index (κ2) is 7.61. The van der Waals surface area contributed by atoms with Crippen molar-refractivity contribution in [3.8, 4) is 5.75 Å². The molecule has 0 saturated carbocycles. The summed E-state index contributed by atoms with van der Waals surface area (Å²) in [5.41, 5.74) is 0.829. The zero-order chi connectivity index (χ0) is 17.6. The van der Waals surface area contributed by atoms with Crippen LogP contribution in [0.4, 0.5) is 5.82 Å². The van der Waals surface area contributed by atoms with Crippen molar-refractivity contribution in [2.45, 2.75) is 0 Å². The van der Waals surface area contributed by atoms with Gasteiger partial charge in [0.2, 0.25) is 0 Å². The molecule has 2 aromatic carbocycles. The molecule has 0 spiro atoms. The molecule has 0 radical (unpaired) electrons. The number of allylic oxidation sites excluding steroid dienone is 2. The summed E-state index contributed by atoms with van der Waals surface area (Å²) >= 11 is 0. The van der Waals surface area contributed by atoms with E-state index in [0.29, 0.717) is 19.0 Å². The summed E-state index contributed by atoms with van der Waals surface area (Å²) in [6, 6.07) is 13.7. The molecular weight excluding hydrogens is 326 g/mol. The molecule has 0 saturated heterocycles. The second-order valence-electron chi connectivity index (χ2n) is 5.65. The SMILES string of the molecule is C1=CCOc2ccc3ncnc(c3c2)N=c2cccc/c2=C/COC=C1. The standard InChI is InChI=1S/C21H17N3O2/c1-4-11-25-13-10-16-6-2-3-7-19(16)24-21-18-14-17(26-12-5-1)8-9-20(18)22-15-23-21/h1-11,14-15H,12-13H2/b5-1?,11-4?,16-10-,24-19?. The number of benzene rings is 2. The first-order valence-electron chi connectivity index (χ1n) is 8.35. The molecule has 0 aliphatic carbocycles. The van der Waals surface area contributed by atoms with Gasteiger partial charge in [-0.1, -0.05) is 24.3 Å². The molecule has 1 aromatic heterocycles. The fraction of sp³-hybridized carbons (Fsp3) is 0.0952. The van der Waals surface area contributed by atoms with E-state index >= 15 is 0 Å². The van der Waals surface area contributed by atoms with Crippen LogP contribution in [0.2, 0.25) is 0 Å². The third-order valence-electron chi connectivity index (χ3n) is 3.92. The maximum atomic E-state index is 5.77. The summed E-state index contributed by atoms with van der Waals surface area (Å²) in [6.45, 7) is 0.924. The van der Waals surface area contributed by atoms with Gasteiger partial charge in [-0.05, 0) is 47.7 Å². The normalized spacial score (nSPS) is 15.3. The van der Waals surface area contributed by atoms with Crippen molar-refractivity contribution >= 4 is 22.8 Å². The molecule has 2 bridgehead atoms. The Hall–Kier alpha value is -3.47. The second-order valence-corrected chi connectivity index (χ2v) is 5.65. The van der Waals surface area contributed by atoms with Crippen molar-refractivity contribution in [3.05, 3.63) is 83.9 Å². The van der Waals surface area contributed by atoms with Gasteiger partial charge in [0.1, 0.15) is 25.3 Å². The van der Waals surface area contributed by atoms with Crippen LogP contribution in [0.1, 0.15) is 0 Å². The van der Waals surface area contributed by atoms with Crippen LogP contribution in [0.25, 0.3) is 17.0 Å². The lowest BCUT2D eigenvalue weighted by molar-refractivity contribution is 0.300. The van der Waals surface area contributed by atoms with Crippen LogP contribution < -0.4 is 15.3 Å². The first-order valence-corrected chi connectivity index (χ1v) is 8.35. The molecule has 26 heavy (non-hydrogen) atoms. The van der Waals surface area contributed by atoms with Gasteiger partial charge >= 0.3 is 0 Å². The third-order valence-corrected chi connectivity index (χ3v) is 3.92. The minimum Gasteiger partial charge on any atom is -0.497 e. The Bertz CT molecular complexity index is 1100. The van der Waals surface area contributed by atoms with Gasteiger partial charge < -0.3 is 9.47 Å². The fourth-order valence-corrected chi connectivity index (χ4v) is 2.65. The molecule has 3 aromatic rings. The van der Waals surface area contributed by atoms with Gasteiger partial charge in [-0.2, -0.15) is 0 Å². The Morgan fingerprint density at radius 1 is 0.923 bits per heavy atom. The predicted octanol–water partition coefficient (Wildman–Crippen LogP) is 2.84. The number of hydrogen-bond donors (Lipinski definition) is 0. The number of rotatable bonds is 0. The number of nitrogens with zero attached hydrogens (tertiary/aromatic N) is 3. The maximum Gasteiger partial charge on any atom is 0.163 e. The van der Waals surface area contributed by atoms with Gasteiger partial charge in [0.15, 0.2) is 5.82 Å². The summed E-state index contributed by atoms with van der Waals surface area (Å²) < 4.78 is 11.3. The molecule has 0 fully saturated rings. The smallest absolute Gasteiger partial charge is 0.163 e. The first-order chi connectivity index (χ1) is 12.9. The van der Waals surface area contributed by atoms with Crippen LogP contribution in [0, 0.1) is 0 Å². The highest BCUT2D eigenvalue weighted by molar-refractivity contribution is 5.88. The fourth-order valence-electron chi connectivity index (χ4n) is 2.65. The zero-order valence-electron chi connectivity index (χ0n) is 14.1. The van der Waals surface area contributed by atoms with Crippen molar-refractivity contribution in [1.82, 2.24) is 9.97 Å². The average Bonchev–Trinajstić information content (AvgIpc) is 2.67. The van der Waals surface area contributed by atoms with E-state index in [4.69, 9.17) is 14.5 Å². The number of aromatic nitrogens is 2. The largest absolute Gasteiger partial charge is 0.497 e. The van der Waals surface area contributed by atoms with Crippen molar-refractivity contribution in [1.29, 1.82) is 0 Å². The van der Waals surface area contributed by atoms with Crippen molar-refractivity contribution in [2.24, 2.45) is 4.99 Å². The minimum atomic E-state index is 0.460. The molecule has 128 valence electrons. The third kappa shape index (κ3) is 3.62. The van der Waals surface area contributed by atoms with E-state index in [1.165, 1.54) is 6.33 Å². The van der Waals surface area contributed by atoms with Gasteiger partial charge in [0.25, 0.3) is 0 Å². The van der Waals surface area contributed by atoms with E-state index < -0.39 is 0 Å². The lowest BCUT2D eigenvalue weighted by Crippen LogP contribution is -2.24. The van der Waals surface area contributed by atoms with E-state index in [1.807, 2.05) is 66.8 Å². The van der Waals surface area contributed by atoms with Gasteiger partial charge in [0, 0.05) is 5.39 Å². The van der Waals surface area contributed by atoms with Gasteiger partial charge in [-0.25, -0.2) is 15.0 Å². The van der Waals surface area contributed by atoms with Crippen molar-refractivity contribution in [2.75, 3.05) is 13.2 Å². The molecule has 1 aliphatic rings. The van der Waals surface area contributed by atoms with Crippen LogP contribution in [0.5, 0.6) is 5.75 Å². The van der Waals surface area contributed by atoms with Crippen LogP contribution in [0.15, 0.2) is 78.3 Å². The Balaban J connectivity index is 1.92. The van der Waals surface area contributed by atoms with E-state index in [2.05, 4.69) is 9.97 Å². The molecule has 5 heteroatoms. The number of fused-ring (bicyclic) bond motifs is 2. The zero-order valence-corrected chi connectivity index (χ0v) is 14.1. The Kier molecular flexibility index (Phi) is 4.69. The monoisotopic (exact) mass is 343 g/mol. The molecule has 0 unspecified atom stereocenters. The molecular formula is C21H17N3O2. The van der Waals surface area contributed by atoms with Gasteiger partial charge in [-0.15, -0.1) is 0 Å². The van der Waals surface area contributed by atoms with E-state index in [1.54, 1.807) is 6.26 Å². The summed E-state index contributed by atoms with van der Waals surface area (Å²) in [7, 11) is 0. The minimum absolute atomic E-state index is 0.460. The van der Waals surface area contributed by atoms with Crippen molar-refractivity contribution in [3.63, 3.8) is 0 Å². The number of ether oxygens (including phenoxy) is 2. The Labute approximate surface area is 150 Å². The highest BCUT2D eigenvalue weighted by Crippen LogP contribution is 2.25. The quantitative estimate of drug-likeness (QED) is 0.630. The number of hydrogen-bond acceptors (Lipinski definition) is 5. The average molecular weight is 343 g/mol. The highest BCUT2D eigenvalue weighted by atomic mass is 16.5. The van der Waals surface area contributed by atoms with Crippen molar-refractivity contribution < 1.29 is 9.47 Å². The summed E-state index contributed by atoms with van der Waals surface area (Å²) in [5, 5.41) is 2.67. The van der Waals surface area contributed by atoms with Gasteiger partial charge in [-0.3, -0.25) is 0 Å².